The summed E-state index contributed by atoms with van der Waals surface area (Å²) in [4.78, 5) is 24.5. The van der Waals surface area contributed by atoms with Crippen molar-refractivity contribution >= 4 is 5.82 Å². The number of rotatable bonds is 5. The molecule has 0 saturated carbocycles. The fourth-order valence-electron chi connectivity index (χ4n) is 3.30. The molecule has 33 heavy (non-hydrogen) atoms. The number of halogens is 4. The first-order valence-corrected chi connectivity index (χ1v) is 9.95. The van der Waals surface area contributed by atoms with E-state index in [1.54, 1.807) is 10.6 Å². The van der Waals surface area contributed by atoms with Crippen LogP contribution >= 0.6 is 0 Å². The van der Waals surface area contributed by atoms with Crippen molar-refractivity contribution in [2.24, 2.45) is 0 Å². The van der Waals surface area contributed by atoms with Crippen molar-refractivity contribution in [3.8, 4) is 17.4 Å². The molecule has 0 fully saturated rings. The van der Waals surface area contributed by atoms with Crippen molar-refractivity contribution in [3.63, 3.8) is 0 Å². The Bertz CT molecular complexity index is 1210. The first-order chi connectivity index (χ1) is 15.6. The van der Waals surface area contributed by atoms with Crippen LogP contribution in [0.25, 0.3) is 0 Å². The van der Waals surface area contributed by atoms with E-state index in [9.17, 15) is 22.4 Å². The molecule has 0 unspecified atom stereocenters. The quantitative estimate of drug-likeness (QED) is 0.531. The second-order valence-electron chi connectivity index (χ2n) is 7.53. The smallest absolute Gasteiger partial charge is 0.451 e. The SMILES string of the molecule is C[C@@H]1CCn2c(cc(OCc3ccc(Oc4cnc(C(F)(F)F)nc4)c(F)c3)nc2=O)N1C. The average Bonchev–Trinajstić information content (AvgIpc) is 2.76. The van der Waals surface area contributed by atoms with Crippen molar-refractivity contribution in [3.05, 3.63) is 64.3 Å². The number of anilines is 1. The maximum absolute atomic E-state index is 14.4. The fourth-order valence-corrected chi connectivity index (χ4v) is 3.30. The summed E-state index contributed by atoms with van der Waals surface area (Å²) in [7, 11) is 1.88. The number of alkyl halides is 3. The largest absolute Gasteiger partial charge is 0.473 e. The minimum atomic E-state index is -4.68. The maximum atomic E-state index is 14.4. The molecule has 0 aliphatic carbocycles. The van der Waals surface area contributed by atoms with Crippen LogP contribution in [0.15, 0.2) is 41.5 Å². The third-order valence-electron chi connectivity index (χ3n) is 5.25. The topological polar surface area (TPSA) is 82.4 Å². The zero-order valence-electron chi connectivity index (χ0n) is 17.6. The Balaban J connectivity index is 1.44. The molecular weight excluding hydrogens is 446 g/mol. The molecule has 0 amide bonds. The number of hydrogen-bond donors (Lipinski definition) is 0. The zero-order chi connectivity index (χ0) is 23.8. The number of fused-ring (bicyclic) bond motifs is 1. The molecule has 0 saturated heterocycles. The zero-order valence-corrected chi connectivity index (χ0v) is 17.6. The monoisotopic (exact) mass is 465 g/mol. The van der Waals surface area contributed by atoms with Gasteiger partial charge in [0, 0.05) is 25.7 Å². The predicted octanol–water partition coefficient (Wildman–Crippen LogP) is 3.79. The van der Waals surface area contributed by atoms with Crippen molar-refractivity contribution < 1.29 is 27.0 Å². The van der Waals surface area contributed by atoms with Gasteiger partial charge in [0.15, 0.2) is 17.3 Å². The Morgan fingerprint density at radius 2 is 1.91 bits per heavy atom. The second kappa shape index (κ2) is 8.68. The molecule has 1 atom stereocenters. The van der Waals surface area contributed by atoms with Crippen LogP contribution in [0.1, 0.15) is 24.7 Å². The Morgan fingerprint density at radius 1 is 1.18 bits per heavy atom. The fraction of sp³-hybridized carbons (Fsp3) is 0.333. The lowest BCUT2D eigenvalue weighted by atomic mass is 10.1. The molecule has 2 aromatic heterocycles. The van der Waals surface area contributed by atoms with E-state index in [1.807, 2.05) is 11.9 Å². The van der Waals surface area contributed by atoms with E-state index >= 15 is 0 Å². The summed E-state index contributed by atoms with van der Waals surface area (Å²) in [6.07, 6.45) is -2.23. The van der Waals surface area contributed by atoms with Gasteiger partial charge in [0.25, 0.3) is 0 Å². The number of hydrogen-bond acceptors (Lipinski definition) is 7. The van der Waals surface area contributed by atoms with Crippen molar-refractivity contribution in [2.75, 3.05) is 11.9 Å². The van der Waals surface area contributed by atoms with Crippen LogP contribution in [0, 0.1) is 5.82 Å². The van der Waals surface area contributed by atoms with Gasteiger partial charge < -0.3 is 14.4 Å². The standard InChI is InChI=1S/C21H19F4N5O3/c1-12-5-6-30-18(29(12)2)8-17(28-20(30)31)32-11-13-3-4-16(15(22)7-13)33-14-9-26-19(27-10-14)21(23,24)25/h3-4,7-10,12H,5-6,11H2,1-2H3/t12-/m1/s1. The van der Waals surface area contributed by atoms with Crippen molar-refractivity contribution in [1.82, 2.24) is 19.5 Å². The Kier molecular flexibility index (Phi) is 5.91. The lowest BCUT2D eigenvalue weighted by Crippen LogP contribution is -2.41. The van der Waals surface area contributed by atoms with Gasteiger partial charge in [-0.3, -0.25) is 4.57 Å². The van der Waals surface area contributed by atoms with Crippen LogP contribution in [-0.2, 0) is 19.3 Å². The highest BCUT2D eigenvalue weighted by atomic mass is 19.4. The van der Waals surface area contributed by atoms with Crippen LogP contribution in [0.5, 0.6) is 17.4 Å². The molecule has 1 aromatic carbocycles. The summed E-state index contributed by atoms with van der Waals surface area (Å²) < 4.78 is 64.4. The Hall–Kier alpha value is -3.70. The molecular formula is C21H19F4N5O3. The first-order valence-electron chi connectivity index (χ1n) is 9.95. The molecule has 1 aliphatic heterocycles. The van der Waals surface area contributed by atoms with E-state index in [1.165, 1.54) is 12.1 Å². The molecule has 3 aromatic rings. The van der Waals surface area contributed by atoms with Crippen molar-refractivity contribution in [2.45, 2.75) is 38.7 Å². The molecule has 0 N–H and O–H groups in total. The van der Waals surface area contributed by atoms with Crippen LogP contribution in [-0.4, -0.2) is 32.6 Å². The molecule has 4 rings (SSSR count). The van der Waals surface area contributed by atoms with E-state index in [4.69, 9.17) is 9.47 Å². The van der Waals surface area contributed by atoms with Gasteiger partial charge in [0.1, 0.15) is 12.4 Å². The predicted molar refractivity (Wildman–Crippen MR) is 109 cm³/mol. The van der Waals surface area contributed by atoms with Gasteiger partial charge in [0.2, 0.25) is 11.7 Å². The van der Waals surface area contributed by atoms with Gasteiger partial charge in [0.05, 0.1) is 12.4 Å². The van der Waals surface area contributed by atoms with Crippen molar-refractivity contribution in [1.29, 1.82) is 0 Å². The van der Waals surface area contributed by atoms with Gasteiger partial charge in [-0.1, -0.05) is 6.07 Å². The lowest BCUT2D eigenvalue weighted by Gasteiger charge is -2.34. The summed E-state index contributed by atoms with van der Waals surface area (Å²) in [5.41, 5.74) is 0.0137. The average molecular weight is 465 g/mol. The summed E-state index contributed by atoms with van der Waals surface area (Å²) in [5.74, 6) is -1.64. The molecule has 0 radical (unpaired) electrons. The lowest BCUT2D eigenvalue weighted by molar-refractivity contribution is -0.145. The summed E-state index contributed by atoms with van der Waals surface area (Å²) >= 11 is 0. The van der Waals surface area contributed by atoms with E-state index in [-0.39, 0.29) is 30.0 Å². The second-order valence-corrected chi connectivity index (χ2v) is 7.53. The minimum Gasteiger partial charge on any atom is -0.473 e. The van der Waals surface area contributed by atoms with E-state index in [0.717, 1.165) is 24.9 Å². The number of aromatic nitrogens is 4. The first kappa shape index (κ1) is 22.5. The van der Waals surface area contributed by atoms with Gasteiger partial charge in [-0.25, -0.2) is 19.2 Å². The third kappa shape index (κ3) is 4.89. The van der Waals surface area contributed by atoms with Gasteiger partial charge in [-0.05, 0) is 31.0 Å². The number of ether oxygens (including phenoxy) is 2. The highest BCUT2D eigenvalue weighted by Crippen LogP contribution is 2.29. The van der Waals surface area contributed by atoms with E-state index in [0.29, 0.717) is 17.9 Å². The molecule has 174 valence electrons. The number of nitrogens with zero attached hydrogens (tertiary/aromatic N) is 5. The normalized spacial score (nSPS) is 15.8. The van der Waals surface area contributed by atoms with Gasteiger partial charge >= 0.3 is 11.9 Å². The van der Waals surface area contributed by atoms with Gasteiger partial charge in [-0.15, -0.1) is 0 Å². The highest BCUT2D eigenvalue weighted by Gasteiger charge is 2.34. The Labute approximate surface area is 185 Å². The molecule has 1 aliphatic rings. The highest BCUT2D eigenvalue weighted by molar-refractivity contribution is 5.44. The van der Waals surface area contributed by atoms with Crippen LogP contribution in [0.3, 0.4) is 0 Å². The molecule has 0 spiro atoms. The molecule has 0 bridgehead atoms. The van der Waals surface area contributed by atoms with Gasteiger partial charge in [-0.2, -0.15) is 18.2 Å². The molecule has 8 nitrogen and oxygen atoms in total. The summed E-state index contributed by atoms with van der Waals surface area (Å²) in [6, 6.07) is 5.89. The third-order valence-corrected chi connectivity index (χ3v) is 5.25. The Morgan fingerprint density at radius 3 is 2.58 bits per heavy atom. The molecule has 3 heterocycles. The minimum absolute atomic E-state index is 0.0598. The summed E-state index contributed by atoms with van der Waals surface area (Å²) in [6.45, 7) is 2.57. The van der Waals surface area contributed by atoms with Crippen LogP contribution < -0.4 is 20.1 Å². The van der Waals surface area contributed by atoms with Crippen LogP contribution in [0.4, 0.5) is 23.4 Å². The van der Waals surface area contributed by atoms with E-state index in [2.05, 4.69) is 21.9 Å². The summed E-state index contributed by atoms with van der Waals surface area (Å²) in [5, 5.41) is 0. The maximum Gasteiger partial charge on any atom is 0.451 e. The molecule has 12 heteroatoms. The van der Waals surface area contributed by atoms with Crippen LogP contribution in [0.2, 0.25) is 0 Å². The number of benzene rings is 1. The van der Waals surface area contributed by atoms with E-state index < -0.39 is 23.5 Å².